The molecule has 1 aromatic carbocycles. The highest BCUT2D eigenvalue weighted by Gasteiger charge is 2.31. The molecule has 11 heteroatoms. The van der Waals surface area contributed by atoms with E-state index >= 15 is 0 Å². The topological polar surface area (TPSA) is 131 Å². The van der Waals surface area contributed by atoms with Crippen molar-refractivity contribution in [2.75, 3.05) is 32.8 Å². The minimum Gasteiger partial charge on any atom is -0.463 e. The maximum absolute atomic E-state index is 13.3. The Morgan fingerprint density at radius 3 is 2.44 bits per heavy atom. The van der Waals surface area contributed by atoms with Gasteiger partial charge in [-0.25, -0.2) is 22.8 Å². The van der Waals surface area contributed by atoms with E-state index in [4.69, 9.17) is 9.47 Å². The fourth-order valence-electron chi connectivity index (χ4n) is 3.87. The fraction of sp³-hybridized carbons (Fsp3) is 0.522. The van der Waals surface area contributed by atoms with Crippen molar-refractivity contribution in [2.24, 2.45) is 5.92 Å². The molecule has 1 fully saturated rings. The first kappa shape index (κ1) is 25.7. The van der Waals surface area contributed by atoms with Crippen LogP contribution in [0.15, 0.2) is 28.3 Å². The summed E-state index contributed by atoms with van der Waals surface area (Å²) in [5.41, 5.74) is 1.56. The second-order valence-corrected chi connectivity index (χ2v) is 10.5. The van der Waals surface area contributed by atoms with Crippen LogP contribution in [-0.2, 0) is 24.3 Å². The molecule has 0 atom stereocenters. The van der Waals surface area contributed by atoms with Crippen LogP contribution in [0.25, 0.3) is 0 Å². The van der Waals surface area contributed by atoms with Gasteiger partial charge in [0.1, 0.15) is 6.61 Å². The summed E-state index contributed by atoms with van der Waals surface area (Å²) < 4.78 is 38.4. The molecule has 0 saturated carbocycles. The van der Waals surface area contributed by atoms with Gasteiger partial charge in [-0.05, 0) is 62.8 Å². The first-order chi connectivity index (χ1) is 16.0. The Labute approximate surface area is 199 Å². The molecule has 10 nitrogen and oxygen atoms in total. The van der Waals surface area contributed by atoms with Crippen molar-refractivity contribution in [3.05, 3.63) is 40.1 Å². The number of urea groups is 1. The van der Waals surface area contributed by atoms with Gasteiger partial charge in [0.25, 0.3) is 0 Å². The standard InChI is InChI=1S/C23H31N3O7S/c1-5-32-22(28)18-12-24-23(29)25-19(18)13-33-21(27)17-10-15(3)16(4)20(11-17)34(30,31)26-8-6-14(2)7-9-26/h10-11,14H,5-9,12-13H2,1-4H3,(H2,24,25,29). The average molecular weight is 494 g/mol. The number of aryl methyl sites for hydroxylation is 1. The predicted molar refractivity (Wildman–Crippen MR) is 124 cm³/mol. The van der Waals surface area contributed by atoms with Crippen molar-refractivity contribution in [3.8, 4) is 0 Å². The molecule has 34 heavy (non-hydrogen) atoms. The minimum atomic E-state index is -3.77. The summed E-state index contributed by atoms with van der Waals surface area (Å²) in [6, 6.07) is 2.37. The van der Waals surface area contributed by atoms with Gasteiger partial charge in [-0.3, -0.25) is 0 Å². The monoisotopic (exact) mass is 493 g/mol. The second-order valence-electron chi connectivity index (χ2n) is 8.56. The molecule has 0 radical (unpaired) electrons. The third kappa shape index (κ3) is 5.58. The maximum Gasteiger partial charge on any atom is 0.338 e. The molecule has 3 rings (SSSR count). The average Bonchev–Trinajstić information content (AvgIpc) is 2.79. The number of sulfonamides is 1. The van der Waals surface area contributed by atoms with Crippen molar-refractivity contribution in [1.82, 2.24) is 14.9 Å². The second kappa shape index (κ2) is 10.6. The Morgan fingerprint density at radius 2 is 1.79 bits per heavy atom. The number of carbonyl (C=O) groups excluding carboxylic acids is 3. The van der Waals surface area contributed by atoms with Gasteiger partial charge in [0.05, 0.1) is 34.9 Å². The van der Waals surface area contributed by atoms with E-state index in [9.17, 15) is 22.8 Å². The van der Waals surface area contributed by atoms with Gasteiger partial charge in [-0.15, -0.1) is 0 Å². The molecule has 0 aromatic heterocycles. The van der Waals surface area contributed by atoms with Crippen molar-refractivity contribution in [2.45, 2.75) is 45.4 Å². The Bertz CT molecular complexity index is 1120. The summed E-state index contributed by atoms with van der Waals surface area (Å²) in [7, 11) is -3.77. The fourth-order valence-corrected chi connectivity index (χ4v) is 5.66. The molecular formula is C23H31N3O7S. The summed E-state index contributed by atoms with van der Waals surface area (Å²) in [6.45, 7) is 7.80. The highest BCUT2D eigenvalue weighted by atomic mass is 32.2. The number of rotatable bonds is 7. The van der Waals surface area contributed by atoms with Crippen molar-refractivity contribution < 1.29 is 32.3 Å². The molecule has 2 aliphatic heterocycles. The van der Waals surface area contributed by atoms with Crippen molar-refractivity contribution >= 4 is 28.0 Å². The molecule has 1 saturated heterocycles. The zero-order valence-electron chi connectivity index (χ0n) is 19.9. The van der Waals surface area contributed by atoms with Gasteiger partial charge in [0.15, 0.2) is 0 Å². The number of ether oxygens (including phenoxy) is 2. The maximum atomic E-state index is 13.3. The number of carbonyl (C=O) groups is 3. The number of hydrogen-bond donors (Lipinski definition) is 2. The molecule has 2 amide bonds. The van der Waals surface area contributed by atoms with Crippen LogP contribution < -0.4 is 10.6 Å². The van der Waals surface area contributed by atoms with Gasteiger partial charge in [0, 0.05) is 13.1 Å². The third-order valence-corrected chi connectivity index (χ3v) is 8.16. The molecule has 2 heterocycles. The summed E-state index contributed by atoms with van der Waals surface area (Å²) in [6.07, 6.45) is 1.58. The van der Waals surface area contributed by atoms with E-state index in [1.807, 2.05) is 0 Å². The molecule has 0 unspecified atom stereocenters. The molecule has 0 bridgehead atoms. The SMILES string of the molecule is CCOC(=O)C1=C(COC(=O)c2cc(C)c(C)c(S(=O)(=O)N3CCC(C)CC3)c2)NC(=O)NC1. The van der Waals surface area contributed by atoms with Gasteiger partial charge in [-0.1, -0.05) is 6.92 Å². The molecule has 1 aromatic rings. The van der Waals surface area contributed by atoms with Crippen LogP contribution in [0.4, 0.5) is 4.79 Å². The number of benzene rings is 1. The van der Waals surface area contributed by atoms with Crippen molar-refractivity contribution in [1.29, 1.82) is 0 Å². The molecule has 0 aliphatic carbocycles. The van der Waals surface area contributed by atoms with Gasteiger partial charge < -0.3 is 20.1 Å². The van der Waals surface area contributed by atoms with Crippen LogP contribution in [0.1, 0.15) is 48.2 Å². The lowest BCUT2D eigenvalue weighted by molar-refractivity contribution is -0.138. The highest BCUT2D eigenvalue weighted by Crippen LogP contribution is 2.28. The van der Waals surface area contributed by atoms with Gasteiger partial charge in [-0.2, -0.15) is 4.31 Å². The minimum absolute atomic E-state index is 0.0575. The summed E-state index contributed by atoms with van der Waals surface area (Å²) in [5, 5.41) is 4.94. The van der Waals surface area contributed by atoms with E-state index in [-0.39, 0.29) is 41.5 Å². The largest absolute Gasteiger partial charge is 0.463 e. The lowest BCUT2D eigenvalue weighted by atomic mass is 10.0. The highest BCUT2D eigenvalue weighted by molar-refractivity contribution is 7.89. The van der Waals surface area contributed by atoms with E-state index < -0.39 is 28.0 Å². The normalized spacial score (nSPS) is 17.7. The van der Waals surface area contributed by atoms with E-state index in [1.165, 1.54) is 10.4 Å². The van der Waals surface area contributed by atoms with Gasteiger partial charge in [0.2, 0.25) is 10.0 Å². The number of esters is 2. The molecule has 2 aliphatic rings. The van der Waals surface area contributed by atoms with Crippen LogP contribution in [0.5, 0.6) is 0 Å². The van der Waals surface area contributed by atoms with E-state index in [0.717, 1.165) is 12.8 Å². The van der Waals surface area contributed by atoms with Crippen LogP contribution in [0.3, 0.4) is 0 Å². The third-order valence-electron chi connectivity index (χ3n) is 6.14. The van der Waals surface area contributed by atoms with E-state index in [2.05, 4.69) is 17.6 Å². The lowest BCUT2D eigenvalue weighted by Crippen LogP contribution is -2.45. The van der Waals surface area contributed by atoms with Crippen LogP contribution in [-0.4, -0.2) is 63.5 Å². The van der Waals surface area contributed by atoms with E-state index in [0.29, 0.717) is 30.1 Å². The van der Waals surface area contributed by atoms with E-state index in [1.54, 1.807) is 26.8 Å². The first-order valence-electron chi connectivity index (χ1n) is 11.3. The smallest absolute Gasteiger partial charge is 0.338 e. The lowest BCUT2D eigenvalue weighted by Gasteiger charge is -2.30. The number of hydrogen-bond acceptors (Lipinski definition) is 7. The van der Waals surface area contributed by atoms with Crippen LogP contribution >= 0.6 is 0 Å². The van der Waals surface area contributed by atoms with Crippen LogP contribution in [0.2, 0.25) is 0 Å². The zero-order chi connectivity index (χ0) is 25.0. The summed E-state index contributed by atoms with van der Waals surface area (Å²) >= 11 is 0. The Morgan fingerprint density at radius 1 is 1.12 bits per heavy atom. The van der Waals surface area contributed by atoms with Crippen LogP contribution in [0, 0.1) is 19.8 Å². The predicted octanol–water partition coefficient (Wildman–Crippen LogP) is 2.01. The molecule has 186 valence electrons. The first-order valence-corrected chi connectivity index (χ1v) is 12.7. The van der Waals surface area contributed by atoms with Crippen molar-refractivity contribution in [3.63, 3.8) is 0 Å². The zero-order valence-corrected chi connectivity index (χ0v) is 20.7. The number of piperidine rings is 1. The molecule has 2 N–H and O–H groups in total. The molecular weight excluding hydrogens is 462 g/mol. The Hall–Kier alpha value is -2.92. The quantitative estimate of drug-likeness (QED) is 0.556. The Balaban J connectivity index is 1.83. The number of amides is 2. The summed E-state index contributed by atoms with van der Waals surface area (Å²) in [4.78, 5) is 36.8. The Kier molecular flexibility index (Phi) is 7.98. The summed E-state index contributed by atoms with van der Waals surface area (Å²) in [5.74, 6) is -0.924. The molecule has 0 spiro atoms. The number of nitrogens with zero attached hydrogens (tertiary/aromatic N) is 1. The van der Waals surface area contributed by atoms with Gasteiger partial charge >= 0.3 is 18.0 Å². The number of nitrogens with one attached hydrogen (secondary N) is 2.